The number of hydrogen-bond acceptors (Lipinski definition) is 7. The van der Waals surface area contributed by atoms with Crippen LogP contribution in [0, 0.1) is 0 Å². The summed E-state index contributed by atoms with van der Waals surface area (Å²) < 4.78 is 14.0. The lowest BCUT2D eigenvalue weighted by Crippen LogP contribution is -2.46. The third kappa shape index (κ3) is 6.61. The number of fused-ring (bicyclic) bond motifs is 2. The van der Waals surface area contributed by atoms with Gasteiger partial charge in [0.1, 0.15) is 5.75 Å². The molecule has 1 saturated heterocycles. The van der Waals surface area contributed by atoms with Crippen LogP contribution in [0.1, 0.15) is 12.8 Å². The molecular weight excluding hydrogens is 512 g/mol. The molecule has 5 rings (SSSR count). The molecule has 0 bridgehead atoms. The number of rotatable bonds is 11. The first-order chi connectivity index (χ1) is 19.1. The third-order valence-electron chi connectivity index (χ3n) is 7.00. The molecule has 0 spiro atoms. The fourth-order valence-electron chi connectivity index (χ4n) is 4.91. The number of nitrogens with zero attached hydrogens (tertiary/aromatic N) is 3. The van der Waals surface area contributed by atoms with Crippen LogP contribution in [0.5, 0.6) is 5.75 Å². The van der Waals surface area contributed by atoms with Crippen LogP contribution in [0.25, 0.3) is 21.0 Å². The number of aromatic nitrogens is 1. The van der Waals surface area contributed by atoms with Crippen LogP contribution in [0.2, 0.25) is 0 Å². The van der Waals surface area contributed by atoms with Crippen molar-refractivity contribution in [2.24, 2.45) is 0 Å². The molecule has 2 aromatic carbocycles. The zero-order valence-electron chi connectivity index (χ0n) is 22.0. The van der Waals surface area contributed by atoms with Crippen LogP contribution in [0.15, 0.2) is 77.4 Å². The summed E-state index contributed by atoms with van der Waals surface area (Å²) >= 11 is 1.80. The van der Waals surface area contributed by atoms with Crippen molar-refractivity contribution in [1.29, 1.82) is 0 Å². The molecular formula is C30H34N4O4S. The second-order valence-corrected chi connectivity index (χ2v) is 10.5. The first-order valence-electron chi connectivity index (χ1n) is 13.3. The van der Waals surface area contributed by atoms with Crippen molar-refractivity contribution < 1.29 is 14.3 Å². The average Bonchev–Trinajstić information content (AvgIpc) is 3.45. The lowest BCUT2D eigenvalue weighted by molar-refractivity contribution is 0.115. The number of amides is 1. The minimum Gasteiger partial charge on any atom is -0.494 e. The van der Waals surface area contributed by atoms with Crippen LogP contribution < -0.4 is 20.5 Å². The Hall–Kier alpha value is -3.82. The monoisotopic (exact) mass is 546 g/mol. The predicted molar refractivity (Wildman–Crippen MR) is 158 cm³/mol. The van der Waals surface area contributed by atoms with Crippen molar-refractivity contribution in [2.45, 2.75) is 19.6 Å². The normalized spacial score (nSPS) is 14.0. The molecule has 2 aromatic heterocycles. The van der Waals surface area contributed by atoms with Gasteiger partial charge in [-0.2, -0.15) is 0 Å². The van der Waals surface area contributed by atoms with E-state index >= 15 is 0 Å². The summed E-state index contributed by atoms with van der Waals surface area (Å²) in [4.78, 5) is 29.3. The Labute approximate surface area is 232 Å². The van der Waals surface area contributed by atoms with Crippen molar-refractivity contribution in [3.8, 4) is 5.75 Å². The molecule has 8 nitrogen and oxygen atoms in total. The number of anilines is 1. The Morgan fingerprint density at radius 1 is 1.05 bits per heavy atom. The summed E-state index contributed by atoms with van der Waals surface area (Å²) in [7, 11) is 0. The third-order valence-corrected chi connectivity index (χ3v) is 7.88. The lowest BCUT2D eigenvalue weighted by atomic mass is 10.2. The van der Waals surface area contributed by atoms with Crippen LogP contribution in [-0.2, 0) is 11.5 Å². The first kappa shape index (κ1) is 26.8. The summed E-state index contributed by atoms with van der Waals surface area (Å²) in [6.45, 7) is 9.55. The maximum absolute atomic E-state index is 12.5. The van der Waals surface area contributed by atoms with Crippen molar-refractivity contribution in [3.05, 3.63) is 83.0 Å². The van der Waals surface area contributed by atoms with Gasteiger partial charge in [-0.3, -0.25) is 14.3 Å². The molecule has 1 N–H and O–H groups in total. The smallest absolute Gasteiger partial charge is 0.409 e. The first-order valence-corrected chi connectivity index (χ1v) is 14.2. The minimum atomic E-state index is -0.604. The van der Waals surface area contributed by atoms with Crippen LogP contribution >= 0.6 is 11.3 Å². The van der Waals surface area contributed by atoms with E-state index in [4.69, 9.17) is 9.47 Å². The number of unbranched alkanes of at least 4 members (excludes halogenated alkanes) is 1. The molecule has 1 amide bonds. The number of pyridine rings is 1. The quantitative estimate of drug-likeness (QED) is 0.209. The van der Waals surface area contributed by atoms with E-state index in [0.717, 1.165) is 51.0 Å². The topological polar surface area (TPSA) is 76.0 Å². The molecule has 0 unspecified atom stereocenters. The summed E-state index contributed by atoms with van der Waals surface area (Å²) in [5.74, 6) is 0.689. The summed E-state index contributed by atoms with van der Waals surface area (Å²) in [5, 5.41) is 6.93. The van der Waals surface area contributed by atoms with Crippen molar-refractivity contribution in [3.63, 3.8) is 0 Å². The Kier molecular flexibility index (Phi) is 8.80. The van der Waals surface area contributed by atoms with Crippen molar-refractivity contribution in [2.75, 3.05) is 50.8 Å². The number of carbonyl (C=O) groups is 1. The number of piperazine rings is 1. The molecule has 0 atom stereocenters. The van der Waals surface area contributed by atoms with E-state index in [1.165, 1.54) is 26.4 Å². The van der Waals surface area contributed by atoms with Crippen LogP contribution in [-0.4, -0.2) is 61.4 Å². The van der Waals surface area contributed by atoms with Gasteiger partial charge in [0.05, 0.1) is 12.1 Å². The van der Waals surface area contributed by atoms with Gasteiger partial charge in [-0.05, 0) is 66.6 Å². The summed E-state index contributed by atoms with van der Waals surface area (Å²) in [6.07, 6.45) is 2.96. The Morgan fingerprint density at radius 2 is 1.90 bits per heavy atom. The predicted octanol–water partition coefficient (Wildman–Crippen LogP) is 5.07. The molecule has 9 heteroatoms. The standard InChI is InChI=1S/C30H34N4O4S/c1-2-13-31-30(36)38-22-34-27-21-24(10-8-23(27)9-11-29(34)35)37-19-4-3-14-32-15-17-33(18-16-32)26-6-5-7-28-25(26)12-20-39-28/h2,5-12,20-21H,1,3-4,13-19,22H2,(H,31,36). The van der Waals surface area contributed by atoms with Gasteiger partial charge in [0.2, 0.25) is 0 Å². The van der Waals surface area contributed by atoms with E-state index in [0.29, 0.717) is 24.4 Å². The van der Waals surface area contributed by atoms with E-state index in [2.05, 4.69) is 51.3 Å². The maximum Gasteiger partial charge on any atom is 0.409 e. The zero-order valence-corrected chi connectivity index (χ0v) is 22.8. The largest absolute Gasteiger partial charge is 0.494 e. The number of ether oxygens (including phenoxy) is 2. The van der Waals surface area contributed by atoms with Gasteiger partial charge in [0.25, 0.3) is 5.56 Å². The number of nitrogens with one attached hydrogen (secondary N) is 1. The SMILES string of the molecule is C=CCNC(=O)OCn1c(=O)ccc2ccc(OCCCCN3CCN(c4cccc5sccc45)CC3)cc21. The Balaban J connectivity index is 1.08. The lowest BCUT2D eigenvalue weighted by Gasteiger charge is -2.36. The minimum absolute atomic E-state index is 0.182. The van der Waals surface area contributed by atoms with E-state index in [-0.39, 0.29) is 12.3 Å². The van der Waals surface area contributed by atoms with Gasteiger partial charge in [0, 0.05) is 60.6 Å². The van der Waals surface area contributed by atoms with Gasteiger partial charge in [-0.1, -0.05) is 12.1 Å². The highest BCUT2D eigenvalue weighted by atomic mass is 32.1. The zero-order chi connectivity index (χ0) is 27.0. The number of thiophene rings is 1. The molecule has 0 aliphatic carbocycles. The number of carbonyl (C=O) groups excluding carboxylic acids is 1. The Bertz CT molecular complexity index is 1490. The maximum atomic E-state index is 12.5. The number of alkyl carbamates (subject to hydrolysis) is 1. The van der Waals surface area contributed by atoms with Crippen molar-refractivity contribution >= 4 is 44.1 Å². The second kappa shape index (κ2) is 12.8. The van der Waals surface area contributed by atoms with E-state index < -0.39 is 6.09 Å². The highest BCUT2D eigenvalue weighted by Crippen LogP contribution is 2.31. The summed E-state index contributed by atoms with van der Waals surface area (Å²) in [5.41, 5.74) is 1.76. The number of benzene rings is 2. The molecule has 1 aliphatic heterocycles. The van der Waals surface area contributed by atoms with Crippen LogP contribution in [0.3, 0.4) is 0 Å². The average molecular weight is 547 g/mol. The number of hydrogen-bond donors (Lipinski definition) is 1. The van der Waals surface area contributed by atoms with Crippen molar-refractivity contribution in [1.82, 2.24) is 14.8 Å². The molecule has 4 aromatic rings. The van der Waals surface area contributed by atoms with Gasteiger partial charge in [-0.25, -0.2) is 4.79 Å². The molecule has 0 saturated carbocycles. The fourth-order valence-corrected chi connectivity index (χ4v) is 5.72. The van der Waals surface area contributed by atoms with E-state index in [1.54, 1.807) is 23.5 Å². The highest BCUT2D eigenvalue weighted by Gasteiger charge is 2.18. The van der Waals surface area contributed by atoms with E-state index in [9.17, 15) is 9.59 Å². The van der Waals surface area contributed by atoms with E-state index in [1.807, 2.05) is 18.2 Å². The van der Waals surface area contributed by atoms with Gasteiger partial charge < -0.3 is 19.7 Å². The van der Waals surface area contributed by atoms with Gasteiger partial charge in [-0.15, -0.1) is 17.9 Å². The molecule has 1 fully saturated rings. The summed E-state index contributed by atoms with van der Waals surface area (Å²) in [6, 6.07) is 17.7. The Morgan fingerprint density at radius 3 is 2.74 bits per heavy atom. The molecule has 204 valence electrons. The molecule has 39 heavy (non-hydrogen) atoms. The molecule has 0 radical (unpaired) electrons. The van der Waals surface area contributed by atoms with Gasteiger partial charge in [0.15, 0.2) is 6.73 Å². The highest BCUT2D eigenvalue weighted by molar-refractivity contribution is 7.17. The van der Waals surface area contributed by atoms with Crippen LogP contribution in [0.4, 0.5) is 10.5 Å². The van der Waals surface area contributed by atoms with Gasteiger partial charge >= 0.3 is 6.09 Å². The fraction of sp³-hybridized carbons (Fsp3) is 0.333. The molecule has 3 heterocycles. The molecule has 1 aliphatic rings. The second-order valence-electron chi connectivity index (χ2n) is 9.54.